The maximum absolute atomic E-state index is 3.37. The molecule has 0 aliphatic heterocycles. The third-order valence-corrected chi connectivity index (χ3v) is 8.57. The summed E-state index contributed by atoms with van der Waals surface area (Å²) in [5.74, 6) is 0.491. The van der Waals surface area contributed by atoms with E-state index in [1.807, 2.05) is 6.07 Å². The number of allylic oxidation sites excluding steroid dienone is 4. The second kappa shape index (κ2) is 13.6. The van der Waals surface area contributed by atoms with Gasteiger partial charge in [0.25, 0.3) is 0 Å². The molecule has 0 saturated heterocycles. The van der Waals surface area contributed by atoms with Crippen LogP contribution < -0.4 is 0 Å². The van der Waals surface area contributed by atoms with Crippen LogP contribution in [0.1, 0.15) is 70.7 Å². The van der Waals surface area contributed by atoms with Crippen molar-refractivity contribution in [3.05, 3.63) is 130 Å². The van der Waals surface area contributed by atoms with Gasteiger partial charge in [0.1, 0.15) is 0 Å². The van der Waals surface area contributed by atoms with Gasteiger partial charge in [-0.15, -0.1) is 51.4 Å². The quantitative estimate of drug-likeness (QED) is 0.173. The van der Waals surface area contributed by atoms with Gasteiger partial charge in [0.15, 0.2) is 0 Å². The molecule has 4 aromatic carbocycles. The van der Waals surface area contributed by atoms with Crippen molar-refractivity contribution in [3.63, 3.8) is 0 Å². The van der Waals surface area contributed by atoms with Gasteiger partial charge in [0.2, 0.25) is 0 Å². The van der Waals surface area contributed by atoms with Crippen molar-refractivity contribution in [1.82, 2.24) is 0 Å². The Bertz CT molecular complexity index is 1560. The molecule has 0 saturated carbocycles. The molecule has 1 aromatic heterocycles. The van der Waals surface area contributed by atoms with Crippen molar-refractivity contribution in [2.45, 2.75) is 65.7 Å². The molecule has 0 nitrogen and oxygen atoms in total. The number of fused-ring (bicyclic) bond motifs is 3. The van der Waals surface area contributed by atoms with E-state index < -0.39 is 0 Å². The van der Waals surface area contributed by atoms with Gasteiger partial charge in [0.05, 0.1) is 0 Å². The van der Waals surface area contributed by atoms with Crippen LogP contribution in [0.25, 0.3) is 27.1 Å². The molecule has 2 heteroatoms. The van der Waals surface area contributed by atoms with Gasteiger partial charge in [-0.3, -0.25) is 0 Å². The van der Waals surface area contributed by atoms with E-state index >= 15 is 0 Å². The van der Waals surface area contributed by atoms with Crippen LogP contribution in [0, 0.1) is 12.0 Å². The summed E-state index contributed by atoms with van der Waals surface area (Å²) < 4.78 is 2.25. The summed E-state index contributed by atoms with van der Waals surface area (Å²) in [6.07, 6.45) is 8.81. The van der Waals surface area contributed by atoms with Crippen LogP contribution in [-0.2, 0) is 41.5 Å². The average molecular weight is 634 g/mol. The Labute approximate surface area is 266 Å². The van der Waals surface area contributed by atoms with E-state index in [-0.39, 0.29) is 10.8 Å². The zero-order valence-corrected chi connectivity index (χ0v) is 28.9. The first kappa shape index (κ1) is 31.4. The van der Waals surface area contributed by atoms with Crippen LogP contribution in [0.15, 0.2) is 102 Å². The zero-order valence-electron chi connectivity index (χ0n) is 25.6. The van der Waals surface area contributed by atoms with Crippen LogP contribution in [0.2, 0.25) is 0 Å². The molecule has 208 valence electrons. The summed E-state index contributed by atoms with van der Waals surface area (Å²) in [5.41, 5.74) is 7.16. The van der Waals surface area contributed by atoms with Crippen molar-refractivity contribution >= 4 is 42.2 Å². The van der Waals surface area contributed by atoms with Crippen LogP contribution in [0.3, 0.4) is 0 Å². The molecule has 1 unspecified atom stereocenters. The first-order valence-electron chi connectivity index (χ1n) is 14.5. The molecule has 1 heterocycles. The third kappa shape index (κ3) is 8.50. The fraction of sp³-hybridized carbons (Fsp3) is 0.282. The van der Waals surface area contributed by atoms with Crippen molar-refractivity contribution in [3.8, 4) is 0 Å². The predicted octanol–water partition coefficient (Wildman–Crippen LogP) is 11.0. The van der Waals surface area contributed by atoms with E-state index in [4.69, 9.17) is 0 Å². The molecule has 0 fully saturated rings. The Morgan fingerprint density at radius 3 is 1.85 bits per heavy atom. The van der Waals surface area contributed by atoms with E-state index in [9.17, 15) is 0 Å². The second-order valence-electron chi connectivity index (χ2n) is 12.9. The summed E-state index contributed by atoms with van der Waals surface area (Å²) in [4.78, 5) is 0. The van der Waals surface area contributed by atoms with E-state index in [1.165, 1.54) is 73.6 Å². The van der Waals surface area contributed by atoms with Gasteiger partial charge in [-0.2, -0.15) is 29.1 Å². The van der Waals surface area contributed by atoms with Crippen LogP contribution in [0.4, 0.5) is 0 Å². The molecule has 1 atom stereocenters. The molecular formula is C39H42SZr. The molecule has 1 aliphatic carbocycles. The SMILES string of the molecule is CC(C)(C)c1ccc2[cH-]c3ccc(C(C)(C)C)cc3c2c1.CC1[C-]=C(c2ccsc2)C=C1.[Zr+2]=[CH]Cc1ccccc1. The van der Waals surface area contributed by atoms with Gasteiger partial charge in [-0.1, -0.05) is 101 Å². The van der Waals surface area contributed by atoms with E-state index in [0.29, 0.717) is 5.92 Å². The standard InChI is InChI=1S/C21H25.C10H9S.C8H8.Zr/c1-20(2,3)16-9-7-14-11-15-8-10-17(21(4,5)6)13-19(15)18(14)12-16;1-8-2-3-9(6-8)10-4-5-11-7-10;1-2-8-6-4-3-5-7-8;/h7-13H,1-6H3;2-5,7-8H,1H3;1,3-7H,2H2;/q2*-1;;+2. The Kier molecular flexibility index (Phi) is 10.4. The van der Waals surface area contributed by atoms with Crippen molar-refractivity contribution in [1.29, 1.82) is 0 Å². The zero-order chi connectivity index (χ0) is 29.6. The summed E-state index contributed by atoms with van der Waals surface area (Å²) in [5, 5.41) is 9.74. The molecule has 0 spiro atoms. The molecule has 0 amide bonds. The minimum atomic E-state index is 0.194. The summed E-state index contributed by atoms with van der Waals surface area (Å²) in [6, 6.07) is 28.8. The fourth-order valence-corrected chi connectivity index (χ4v) is 6.08. The fourth-order valence-electron chi connectivity index (χ4n) is 4.84. The minimum absolute atomic E-state index is 0.194. The summed E-state index contributed by atoms with van der Waals surface area (Å²) in [6.45, 7) is 15.8. The van der Waals surface area contributed by atoms with Crippen molar-refractivity contribution in [2.24, 2.45) is 5.92 Å². The normalized spacial score (nSPS) is 14.8. The first-order chi connectivity index (χ1) is 19.5. The van der Waals surface area contributed by atoms with Gasteiger partial charge in [-0.25, -0.2) is 0 Å². The Morgan fingerprint density at radius 2 is 1.41 bits per heavy atom. The molecule has 0 bridgehead atoms. The molecule has 1 aliphatic rings. The summed E-state index contributed by atoms with van der Waals surface area (Å²) in [7, 11) is 0. The Hall–Kier alpha value is -2.54. The number of rotatable bonds is 3. The Morgan fingerprint density at radius 1 is 0.829 bits per heavy atom. The van der Waals surface area contributed by atoms with Crippen molar-refractivity contribution < 1.29 is 24.2 Å². The molecule has 5 aromatic rings. The van der Waals surface area contributed by atoms with Gasteiger partial charge >= 0.3 is 70.3 Å². The van der Waals surface area contributed by atoms with E-state index in [0.717, 1.165) is 6.42 Å². The predicted molar refractivity (Wildman–Crippen MR) is 180 cm³/mol. The topological polar surface area (TPSA) is 0 Å². The molecule has 0 N–H and O–H groups in total. The third-order valence-electron chi connectivity index (χ3n) is 7.39. The van der Waals surface area contributed by atoms with E-state index in [1.54, 1.807) is 11.3 Å². The van der Waals surface area contributed by atoms with Crippen LogP contribution >= 0.6 is 11.3 Å². The maximum atomic E-state index is 3.37. The van der Waals surface area contributed by atoms with E-state index in [2.05, 4.69) is 154 Å². The molecular weight excluding hydrogens is 592 g/mol. The van der Waals surface area contributed by atoms with Crippen molar-refractivity contribution in [2.75, 3.05) is 0 Å². The van der Waals surface area contributed by atoms with Crippen LogP contribution in [0.5, 0.6) is 0 Å². The number of benzene rings is 3. The first-order valence-corrected chi connectivity index (χ1v) is 16.8. The van der Waals surface area contributed by atoms with Gasteiger partial charge in [0, 0.05) is 0 Å². The number of hydrogen-bond donors (Lipinski definition) is 0. The second-order valence-corrected chi connectivity index (χ2v) is 14.6. The number of hydrogen-bond acceptors (Lipinski definition) is 1. The molecule has 6 rings (SSSR count). The number of thiophene rings is 1. The molecule has 0 radical (unpaired) electrons. The Balaban J connectivity index is 0.000000161. The average Bonchev–Trinajstić information content (AvgIpc) is 3.68. The monoisotopic (exact) mass is 632 g/mol. The van der Waals surface area contributed by atoms with Crippen LogP contribution in [-0.4, -0.2) is 3.71 Å². The summed E-state index contributed by atoms with van der Waals surface area (Å²) >= 11 is 3.24. The van der Waals surface area contributed by atoms with Gasteiger partial charge in [-0.05, 0) is 16.2 Å². The van der Waals surface area contributed by atoms with Gasteiger partial charge < -0.3 is 0 Å². The molecule has 41 heavy (non-hydrogen) atoms.